The number of rotatable bonds is 4. The van der Waals surface area contributed by atoms with E-state index >= 15 is 0 Å². The van der Waals surface area contributed by atoms with Crippen LogP contribution in [0.2, 0.25) is 0 Å². The van der Waals surface area contributed by atoms with Crippen molar-refractivity contribution in [2.24, 2.45) is 0 Å². The highest BCUT2D eigenvalue weighted by Gasteiger charge is 2.28. The Morgan fingerprint density at radius 3 is 2.61 bits per heavy atom. The lowest BCUT2D eigenvalue weighted by Gasteiger charge is -2.30. The fraction of sp³-hybridized carbons (Fsp3) is 0.412. The van der Waals surface area contributed by atoms with Gasteiger partial charge in [-0.3, -0.25) is 14.7 Å². The summed E-state index contributed by atoms with van der Waals surface area (Å²) in [6, 6.07) is 3.77. The molecule has 0 fully saturated rings. The zero-order chi connectivity index (χ0) is 16.4. The normalized spacial score (nSPS) is 14.3. The van der Waals surface area contributed by atoms with Gasteiger partial charge >= 0.3 is 0 Å². The van der Waals surface area contributed by atoms with E-state index < -0.39 is 0 Å². The van der Waals surface area contributed by atoms with E-state index in [1.807, 2.05) is 33.2 Å². The van der Waals surface area contributed by atoms with Gasteiger partial charge in [-0.2, -0.15) is 0 Å². The van der Waals surface area contributed by atoms with Crippen molar-refractivity contribution in [3.8, 4) is 11.4 Å². The molecule has 0 unspecified atom stereocenters. The van der Waals surface area contributed by atoms with Gasteiger partial charge in [0.05, 0.1) is 0 Å². The van der Waals surface area contributed by atoms with Crippen LogP contribution in [0.25, 0.3) is 11.4 Å². The number of aromatic nitrogens is 3. The van der Waals surface area contributed by atoms with Crippen LogP contribution in [0.1, 0.15) is 17.7 Å². The second-order valence-corrected chi connectivity index (χ2v) is 6.02. The number of pyridine rings is 1. The van der Waals surface area contributed by atoms with E-state index in [1.54, 1.807) is 17.3 Å². The Kier molecular flexibility index (Phi) is 4.34. The third-order valence-corrected chi connectivity index (χ3v) is 4.05. The molecular weight excluding hydrogens is 290 g/mol. The Balaban J connectivity index is 2.03. The van der Waals surface area contributed by atoms with Crippen LogP contribution in [0, 0.1) is 6.92 Å². The summed E-state index contributed by atoms with van der Waals surface area (Å²) in [6.45, 7) is 3.44. The summed E-state index contributed by atoms with van der Waals surface area (Å²) in [5.41, 5.74) is 2.95. The highest BCUT2D eigenvalue weighted by Crippen LogP contribution is 2.30. The Morgan fingerprint density at radius 2 is 1.91 bits per heavy atom. The van der Waals surface area contributed by atoms with Crippen LogP contribution in [0.4, 0.5) is 5.82 Å². The van der Waals surface area contributed by atoms with Crippen molar-refractivity contribution >= 4 is 11.7 Å². The molecule has 6 nitrogen and oxygen atoms in total. The molecule has 3 rings (SSSR count). The van der Waals surface area contributed by atoms with Crippen LogP contribution in [0.3, 0.4) is 0 Å². The van der Waals surface area contributed by atoms with Gasteiger partial charge in [-0.15, -0.1) is 0 Å². The second kappa shape index (κ2) is 6.42. The Hall–Kier alpha value is -2.34. The van der Waals surface area contributed by atoms with Gasteiger partial charge in [0.2, 0.25) is 5.91 Å². The summed E-state index contributed by atoms with van der Waals surface area (Å²) in [4.78, 5) is 29.6. The molecule has 1 aliphatic rings. The summed E-state index contributed by atoms with van der Waals surface area (Å²) in [5.74, 6) is 1.55. The Bertz CT molecular complexity index is 714. The van der Waals surface area contributed by atoms with Crippen LogP contribution in [0.5, 0.6) is 0 Å². The van der Waals surface area contributed by atoms with Crippen LogP contribution in [0.15, 0.2) is 24.5 Å². The summed E-state index contributed by atoms with van der Waals surface area (Å²) < 4.78 is 0. The molecule has 23 heavy (non-hydrogen) atoms. The molecule has 0 aliphatic carbocycles. The molecule has 0 N–H and O–H groups in total. The minimum Gasteiger partial charge on any atom is -0.308 e. The maximum Gasteiger partial charge on any atom is 0.228 e. The molecule has 0 bridgehead atoms. The van der Waals surface area contributed by atoms with E-state index in [1.165, 1.54) is 0 Å². The van der Waals surface area contributed by atoms with Crippen LogP contribution >= 0.6 is 0 Å². The predicted molar refractivity (Wildman–Crippen MR) is 89.2 cm³/mol. The zero-order valence-electron chi connectivity index (χ0n) is 13.8. The standard InChI is InChI=1S/C17H21N5O/c1-12-14-4-5-15(23)22(11-10-21(2)3)17(14)20-16(19-12)13-6-8-18-9-7-13/h6-9H,4-5,10-11H2,1-3H3. The molecule has 120 valence electrons. The topological polar surface area (TPSA) is 62.2 Å². The van der Waals surface area contributed by atoms with E-state index in [0.717, 1.165) is 35.6 Å². The molecule has 0 aromatic carbocycles. The highest BCUT2D eigenvalue weighted by molar-refractivity contribution is 5.95. The van der Waals surface area contributed by atoms with Gasteiger partial charge in [-0.05, 0) is 39.6 Å². The second-order valence-electron chi connectivity index (χ2n) is 6.02. The van der Waals surface area contributed by atoms with Crippen molar-refractivity contribution in [1.82, 2.24) is 19.9 Å². The van der Waals surface area contributed by atoms with E-state index in [-0.39, 0.29) is 5.91 Å². The van der Waals surface area contributed by atoms with Gasteiger partial charge in [0.15, 0.2) is 5.82 Å². The molecule has 0 saturated carbocycles. The lowest BCUT2D eigenvalue weighted by molar-refractivity contribution is -0.119. The number of aryl methyl sites for hydroxylation is 1. The average Bonchev–Trinajstić information content (AvgIpc) is 2.54. The SMILES string of the molecule is Cc1nc(-c2ccncc2)nc2c1CCC(=O)N2CCN(C)C. The third kappa shape index (κ3) is 3.22. The van der Waals surface area contributed by atoms with Gasteiger partial charge in [0.25, 0.3) is 0 Å². The number of carbonyl (C=O) groups is 1. The van der Waals surface area contributed by atoms with Crippen molar-refractivity contribution < 1.29 is 4.79 Å². The Labute approximate surface area is 136 Å². The fourth-order valence-corrected chi connectivity index (χ4v) is 2.74. The van der Waals surface area contributed by atoms with Gasteiger partial charge in [-0.1, -0.05) is 0 Å². The van der Waals surface area contributed by atoms with E-state index in [2.05, 4.69) is 14.9 Å². The van der Waals surface area contributed by atoms with Crippen LogP contribution in [-0.2, 0) is 11.2 Å². The number of hydrogen-bond acceptors (Lipinski definition) is 5. The molecule has 6 heteroatoms. The van der Waals surface area contributed by atoms with Crippen molar-refractivity contribution in [2.45, 2.75) is 19.8 Å². The first kappa shape index (κ1) is 15.6. The third-order valence-electron chi connectivity index (χ3n) is 4.05. The molecule has 1 aliphatic heterocycles. The average molecular weight is 311 g/mol. The lowest BCUT2D eigenvalue weighted by atomic mass is 10.0. The van der Waals surface area contributed by atoms with E-state index in [4.69, 9.17) is 4.98 Å². The van der Waals surface area contributed by atoms with Crippen LogP contribution < -0.4 is 4.90 Å². The molecule has 3 heterocycles. The summed E-state index contributed by atoms with van der Waals surface area (Å²) >= 11 is 0. The molecule has 0 radical (unpaired) electrons. The van der Waals surface area contributed by atoms with E-state index in [9.17, 15) is 4.79 Å². The number of carbonyl (C=O) groups excluding carboxylic acids is 1. The molecule has 2 aromatic heterocycles. The minimum atomic E-state index is 0.137. The number of nitrogens with zero attached hydrogens (tertiary/aromatic N) is 5. The van der Waals surface area contributed by atoms with Crippen LogP contribution in [-0.4, -0.2) is 52.9 Å². The number of likely N-dealkylation sites (N-methyl/N-ethyl adjacent to an activating group) is 1. The molecule has 0 saturated heterocycles. The van der Waals surface area contributed by atoms with Gasteiger partial charge in [0, 0.05) is 48.7 Å². The van der Waals surface area contributed by atoms with Gasteiger partial charge in [0.1, 0.15) is 5.82 Å². The first-order valence-corrected chi connectivity index (χ1v) is 7.79. The van der Waals surface area contributed by atoms with E-state index in [0.29, 0.717) is 18.8 Å². The number of hydrogen-bond donors (Lipinski definition) is 0. The van der Waals surface area contributed by atoms with Crippen molar-refractivity contribution in [1.29, 1.82) is 0 Å². The fourth-order valence-electron chi connectivity index (χ4n) is 2.74. The maximum atomic E-state index is 12.4. The zero-order valence-corrected chi connectivity index (χ0v) is 13.8. The van der Waals surface area contributed by atoms with Crippen molar-refractivity contribution in [3.05, 3.63) is 35.8 Å². The largest absolute Gasteiger partial charge is 0.308 e. The van der Waals surface area contributed by atoms with Crippen molar-refractivity contribution in [2.75, 3.05) is 32.1 Å². The number of anilines is 1. The van der Waals surface area contributed by atoms with Gasteiger partial charge in [-0.25, -0.2) is 9.97 Å². The quantitative estimate of drug-likeness (QED) is 0.860. The summed E-state index contributed by atoms with van der Waals surface area (Å²) in [5, 5.41) is 0. The molecule has 1 amide bonds. The first-order chi connectivity index (χ1) is 11.1. The molecule has 0 spiro atoms. The number of fused-ring (bicyclic) bond motifs is 1. The molecule has 2 aromatic rings. The molecular formula is C17H21N5O. The summed E-state index contributed by atoms with van der Waals surface area (Å²) in [7, 11) is 4.01. The highest BCUT2D eigenvalue weighted by atomic mass is 16.2. The first-order valence-electron chi connectivity index (χ1n) is 7.79. The summed E-state index contributed by atoms with van der Waals surface area (Å²) in [6.07, 6.45) is 4.69. The predicted octanol–water partition coefficient (Wildman–Crippen LogP) is 1.69. The van der Waals surface area contributed by atoms with Gasteiger partial charge < -0.3 is 4.90 Å². The monoisotopic (exact) mass is 311 g/mol. The number of amides is 1. The smallest absolute Gasteiger partial charge is 0.228 e. The maximum absolute atomic E-state index is 12.4. The molecule has 0 atom stereocenters. The minimum absolute atomic E-state index is 0.137. The lowest BCUT2D eigenvalue weighted by Crippen LogP contribution is -2.40. The van der Waals surface area contributed by atoms with Crippen molar-refractivity contribution in [3.63, 3.8) is 0 Å². The Morgan fingerprint density at radius 1 is 1.17 bits per heavy atom.